The number of carbonyl (C=O) groups excluding carboxylic acids is 2. The molecular weight excluding hydrogens is 351 g/mol. The van der Waals surface area contributed by atoms with Crippen LogP contribution in [-0.4, -0.2) is 45.9 Å². The van der Waals surface area contributed by atoms with Crippen LogP contribution in [0.1, 0.15) is 20.7 Å². The number of ether oxygens (including phenoxy) is 2. The van der Waals surface area contributed by atoms with Crippen LogP contribution in [0.4, 0.5) is 0 Å². The average Bonchev–Trinajstić information content (AvgIpc) is 2.70. The van der Waals surface area contributed by atoms with Gasteiger partial charge in [0.2, 0.25) is 0 Å². The van der Waals surface area contributed by atoms with Crippen molar-refractivity contribution in [2.45, 2.75) is 0 Å². The van der Waals surface area contributed by atoms with Crippen molar-refractivity contribution in [1.82, 2.24) is 0 Å². The summed E-state index contributed by atoms with van der Waals surface area (Å²) in [6.45, 7) is 0.789. The summed E-state index contributed by atoms with van der Waals surface area (Å²) in [6.07, 6.45) is 0. The monoisotopic (exact) mass is 371 g/mol. The fourth-order valence-electron chi connectivity index (χ4n) is 2.00. The summed E-state index contributed by atoms with van der Waals surface area (Å²) in [6, 6.07) is 12.8. The lowest BCUT2D eigenvalue weighted by atomic mass is 10.2. The molecule has 0 bridgehead atoms. The van der Waals surface area contributed by atoms with Gasteiger partial charge in [-0.1, -0.05) is 12.1 Å². The molecule has 0 amide bonds. The van der Waals surface area contributed by atoms with E-state index in [1.54, 1.807) is 36.4 Å². The Morgan fingerprint density at radius 3 is 1.63 bits per heavy atom. The zero-order valence-corrected chi connectivity index (χ0v) is 14.6. The topological polar surface area (TPSA) is 123 Å². The molecule has 0 saturated heterocycles. The standard InChI is InChI=1S/C18H20BN2O6/c20-7-9-24-17(22)13-3-1-5-15(11-13)26-19-27-16-6-2-4-14(12-16)18(23)25-10-8-21/h1-6,11-12H,7-10,20-21H2. The van der Waals surface area contributed by atoms with E-state index in [4.69, 9.17) is 30.2 Å². The molecule has 0 aliphatic heterocycles. The van der Waals surface area contributed by atoms with Crippen molar-refractivity contribution in [2.24, 2.45) is 11.5 Å². The molecule has 0 fully saturated rings. The first-order valence-corrected chi connectivity index (χ1v) is 8.23. The molecule has 2 rings (SSSR count). The highest BCUT2D eigenvalue weighted by Gasteiger charge is 2.11. The molecule has 2 aromatic rings. The molecule has 0 spiro atoms. The van der Waals surface area contributed by atoms with Crippen molar-refractivity contribution < 1.29 is 28.4 Å². The Bertz CT molecular complexity index is 708. The number of benzene rings is 2. The van der Waals surface area contributed by atoms with Gasteiger partial charge < -0.3 is 30.2 Å². The number of nitrogens with two attached hydrogens (primary N) is 2. The maximum absolute atomic E-state index is 11.8. The summed E-state index contributed by atoms with van der Waals surface area (Å²) in [5, 5.41) is 0. The second kappa shape index (κ2) is 10.8. The highest BCUT2D eigenvalue weighted by atomic mass is 16.6. The summed E-state index contributed by atoms with van der Waals surface area (Å²) >= 11 is 0. The highest BCUT2D eigenvalue weighted by Crippen LogP contribution is 2.16. The number of hydrogen-bond donors (Lipinski definition) is 2. The van der Waals surface area contributed by atoms with Crippen LogP contribution in [0.3, 0.4) is 0 Å². The third kappa shape index (κ3) is 6.65. The number of hydrogen-bond acceptors (Lipinski definition) is 8. The van der Waals surface area contributed by atoms with Crippen LogP contribution < -0.4 is 20.8 Å². The summed E-state index contributed by atoms with van der Waals surface area (Å²) in [5.41, 5.74) is 11.3. The molecule has 0 saturated carbocycles. The van der Waals surface area contributed by atoms with Gasteiger partial charge in [-0.05, 0) is 36.4 Å². The molecule has 0 aliphatic carbocycles. The van der Waals surface area contributed by atoms with Crippen LogP contribution >= 0.6 is 0 Å². The summed E-state index contributed by atoms with van der Waals surface area (Å²) in [7, 11) is 1.09. The molecular formula is C18H20BN2O6. The van der Waals surface area contributed by atoms with E-state index in [1.165, 1.54) is 12.1 Å². The predicted octanol–water partition coefficient (Wildman–Crippen LogP) is 0.910. The Labute approximate surface area is 157 Å². The van der Waals surface area contributed by atoms with E-state index in [-0.39, 0.29) is 26.3 Å². The Kier molecular flexibility index (Phi) is 8.14. The first kappa shape index (κ1) is 20.3. The van der Waals surface area contributed by atoms with Gasteiger partial charge >= 0.3 is 19.6 Å². The minimum atomic E-state index is -0.490. The van der Waals surface area contributed by atoms with Crippen LogP contribution in [0.2, 0.25) is 0 Å². The maximum Gasteiger partial charge on any atom is 0.658 e. The van der Waals surface area contributed by atoms with Crippen LogP contribution in [0, 0.1) is 0 Å². The van der Waals surface area contributed by atoms with Crippen LogP contribution in [0.25, 0.3) is 0 Å². The molecule has 1 radical (unpaired) electrons. The van der Waals surface area contributed by atoms with Crippen LogP contribution in [-0.2, 0) is 9.47 Å². The minimum Gasteiger partial charge on any atom is -0.526 e. The van der Waals surface area contributed by atoms with Crippen molar-refractivity contribution >= 4 is 19.6 Å². The summed E-state index contributed by atoms with van der Waals surface area (Å²) < 4.78 is 20.6. The fourth-order valence-corrected chi connectivity index (χ4v) is 2.00. The number of esters is 2. The number of rotatable bonds is 10. The lowest BCUT2D eigenvalue weighted by Gasteiger charge is -2.09. The van der Waals surface area contributed by atoms with Crippen LogP contribution in [0.5, 0.6) is 11.5 Å². The van der Waals surface area contributed by atoms with Crippen molar-refractivity contribution in [3.63, 3.8) is 0 Å². The Balaban J connectivity index is 1.89. The normalized spacial score (nSPS) is 10.0. The molecule has 9 heteroatoms. The molecule has 0 atom stereocenters. The Morgan fingerprint density at radius 1 is 0.778 bits per heavy atom. The van der Waals surface area contributed by atoms with Gasteiger partial charge in [0.1, 0.15) is 24.7 Å². The van der Waals surface area contributed by atoms with Gasteiger partial charge in [0.25, 0.3) is 0 Å². The molecule has 0 aromatic heterocycles. The fraction of sp³-hybridized carbons (Fsp3) is 0.222. The van der Waals surface area contributed by atoms with E-state index in [9.17, 15) is 9.59 Å². The van der Waals surface area contributed by atoms with E-state index in [2.05, 4.69) is 0 Å². The van der Waals surface area contributed by atoms with Crippen molar-refractivity contribution in [3.8, 4) is 11.5 Å². The van der Waals surface area contributed by atoms with Crippen LogP contribution in [0.15, 0.2) is 48.5 Å². The second-order valence-corrected chi connectivity index (χ2v) is 5.24. The molecule has 0 aliphatic rings. The molecule has 0 unspecified atom stereocenters. The third-order valence-corrected chi connectivity index (χ3v) is 3.21. The predicted molar refractivity (Wildman–Crippen MR) is 98.6 cm³/mol. The smallest absolute Gasteiger partial charge is 0.526 e. The van der Waals surface area contributed by atoms with E-state index in [0.29, 0.717) is 22.6 Å². The Morgan fingerprint density at radius 2 is 1.22 bits per heavy atom. The van der Waals surface area contributed by atoms with E-state index < -0.39 is 11.9 Å². The van der Waals surface area contributed by atoms with Gasteiger partial charge in [0.15, 0.2) is 0 Å². The molecule has 8 nitrogen and oxygen atoms in total. The molecule has 0 heterocycles. The summed E-state index contributed by atoms with van der Waals surface area (Å²) in [4.78, 5) is 23.6. The molecule has 27 heavy (non-hydrogen) atoms. The van der Waals surface area contributed by atoms with Gasteiger partial charge in [-0.3, -0.25) is 0 Å². The largest absolute Gasteiger partial charge is 0.658 e. The van der Waals surface area contributed by atoms with Gasteiger partial charge in [0, 0.05) is 13.1 Å². The lowest BCUT2D eigenvalue weighted by Crippen LogP contribution is -2.15. The lowest BCUT2D eigenvalue weighted by molar-refractivity contribution is 0.0507. The SMILES string of the molecule is NCCOC(=O)c1cccc(O[B]Oc2cccc(C(=O)OCCN)c2)c1. The van der Waals surface area contributed by atoms with Gasteiger partial charge in [0.05, 0.1) is 11.1 Å². The van der Waals surface area contributed by atoms with E-state index in [1.807, 2.05) is 0 Å². The van der Waals surface area contributed by atoms with Crippen molar-refractivity contribution in [2.75, 3.05) is 26.3 Å². The van der Waals surface area contributed by atoms with Crippen molar-refractivity contribution in [3.05, 3.63) is 59.7 Å². The first-order chi connectivity index (χ1) is 13.1. The summed E-state index contributed by atoms with van der Waals surface area (Å²) in [5.74, 6) is -0.211. The van der Waals surface area contributed by atoms with Crippen molar-refractivity contribution in [1.29, 1.82) is 0 Å². The third-order valence-electron chi connectivity index (χ3n) is 3.21. The Hall–Kier alpha value is -3.04. The van der Waals surface area contributed by atoms with Gasteiger partial charge in [-0.15, -0.1) is 0 Å². The molecule has 141 valence electrons. The zero-order chi connectivity index (χ0) is 19.5. The highest BCUT2D eigenvalue weighted by molar-refractivity contribution is 6.20. The van der Waals surface area contributed by atoms with Gasteiger partial charge in [-0.25, -0.2) is 9.59 Å². The second-order valence-electron chi connectivity index (χ2n) is 5.24. The molecule has 2 aromatic carbocycles. The average molecular weight is 371 g/mol. The maximum atomic E-state index is 11.8. The first-order valence-electron chi connectivity index (χ1n) is 8.23. The minimum absolute atomic E-state index is 0.142. The van der Waals surface area contributed by atoms with E-state index >= 15 is 0 Å². The number of carbonyl (C=O) groups is 2. The van der Waals surface area contributed by atoms with E-state index in [0.717, 1.165) is 7.69 Å². The zero-order valence-electron chi connectivity index (χ0n) is 14.6. The molecule has 4 N–H and O–H groups in total. The van der Waals surface area contributed by atoms with Gasteiger partial charge in [-0.2, -0.15) is 0 Å². The quantitative estimate of drug-likeness (QED) is 0.467.